The molecule has 0 radical (unpaired) electrons. The van der Waals surface area contributed by atoms with Crippen molar-refractivity contribution in [3.8, 4) is 23.7 Å². The number of thiophene rings is 2. The van der Waals surface area contributed by atoms with Crippen LogP contribution in [-0.4, -0.2) is 93.1 Å². The second-order valence-corrected chi connectivity index (χ2v) is 18.2. The zero-order valence-corrected chi connectivity index (χ0v) is 36.3. The highest BCUT2D eigenvalue weighted by Gasteiger charge is 2.42. The lowest BCUT2D eigenvalue weighted by Gasteiger charge is -2.30. The molecule has 0 bridgehead atoms. The molecule has 58 heavy (non-hydrogen) atoms. The van der Waals surface area contributed by atoms with Crippen molar-refractivity contribution >= 4 is 56.1 Å². The molecule has 4 amide bonds. The second kappa shape index (κ2) is 17.7. The third-order valence-electron chi connectivity index (χ3n) is 10.6. The molecule has 4 N–H and O–H groups in total. The number of imidazole rings is 2. The summed E-state index contributed by atoms with van der Waals surface area (Å²) < 4.78 is 11.7. The molecule has 2 saturated heterocycles. The van der Waals surface area contributed by atoms with E-state index in [1.165, 1.54) is 14.2 Å². The maximum Gasteiger partial charge on any atom is 0.407 e. The normalized spacial score (nSPS) is 20.1. The lowest BCUT2D eigenvalue weighted by atomic mass is 10.0. The van der Waals surface area contributed by atoms with Gasteiger partial charge in [0.05, 0.1) is 36.1 Å². The number of hydrogen-bond acceptors (Lipinski definition) is 10. The van der Waals surface area contributed by atoms with Gasteiger partial charge in [-0.2, -0.15) is 0 Å². The molecule has 6 unspecified atom stereocenters. The Morgan fingerprint density at radius 2 is 1.09 bits per heavy atom. The molecule has 2 fully saturated rings. The molecular formula is C42H52N8O6S2. The number of amides is 4. The molecular weight excluding hydrogens is 777 g/mol. The van der Waals surface area contributed by atoms with E-state index < -0.39 is 24.3 Å². The van der Waals surface area contributed by atoms with Crippen LogP contribution in [0, 0.1) is 61.2 Å². The van der Waals surface area contributed by atoms with Crippen molar-refractivity contribution in [2.75, 3.05) is 27.3 Å². The molecule has 2 aliphatic heterocycles. The highest BCUT2D eigenvalue weighted by molar-refractivity contribution is 7.28. The number of fused-ring (bicyclic) bond motifs is 1. The molecule has 6 rings (SSSR count). The molecule has 308 valence electrons. The summed E-state index contributed by atoms with van der Waals surface area (Å²) in [6.45, 7) is 16.8. The van der Waals surface area contributed by atoms with E-state index in [4.69, 9.17) is 19.4 Å². The summed E-state index contributed by atoms with van der Waals surface area (Å²) in [6.07, 6.45) is 0.227. The average molecular weight is 829 g/mol. The molecule has 4 aromatic rings. The van der Waals surface area contributed by atoms with Crippen LogP contribution in [-0.2, 0) is 19.1 Å². The first-order valence-corrected chi connectivity index (χ1v) is 21.2. The Balaban J connectivity index is 1.15. The van der Waals surface area contributed by atoms with Crippen molar-refractivity contribution < 1.29 is 28.7 Å². The SMILES string of the molecule is COC(=O)NC(C(=O)N1CC(C)CC1c1nc(C#Cc2cc3sc(C#Cc4nc(C5CC(C)CN5C(=O)C(NC(=O)OC)C(C)C)[nH]c4C)cc3s2)c(C)[nH]1)C(C)C. The Kier molecular flexibility index (Phi) is 12.9. The molecule has 0 aromatic carbocycles. The van der Waals surface area contributed by atoms with Gasteiger partial charge in [-0.1, -0.05) is 41.5 Å². The number of methoxy groups -OCH3 is 2. The van der Waals surface area contributed by atoms with Gasteiger partial charge in [-0.25, -0.2) is 19.6 Å². The minimum Gasteiger partial charge on any atom is -0.453 e. The van der Waals surface area contributed by atoms with Crippen LogP contribution < -0.4 is 10.6 Å². The van der Waals surface area contributed by atoms with Crippen molar-refractivity contribution in [3.05, 3.63) is 56.3 Å². The lowest BCUT2D eigenvalue weighted by molar-refractivity contribution is -0.136. The van der Waals surface area contributed by atoms with Crippen LogP contribution in [0.25, 0.3) is 9.40 Å². The second-order valence-electron chi connectivity index (χ2n) is 16.1. The van der Waals surface area contributed by atoms with Gasteiger partial charge in [0.2, 0.25) is 11.8 Å². The number of aromatic amines is 2. The Labute approximate surface area is 347 Å². The van der Waals surface area contributed by atoms with Crippen molar-refractivity contribution in [3.63, 3.8) is 0 Å². The van der Waals surface area contributed by atoms with E-state index in [1.54, 1.807) is 22.7 Å². The molecule has 16 heteroatoms. The molecule has 6 atom stereocenters. The highest BCUT2D eigenvalue weighted by atomic mass is 32.1. The number of carbonyl (C=O) groups excluding carboxylic acids is 4. The maximum atomic E-state index is 13.7. The van der Waals surface area contributed by atoms with Crippen LogP contribution in [0.15, 0.2) is 12.1 Å². The van der Waals surface area contributed by atoms with E-state index in [0.717, 1.165) is 43.4 Å². The molecule has 14 nitrogen and oxygen atoms in total. The fourth-order valence-corrected chi connectivity index (χ4v) is 9.68. The number of aromatic nitrogens is 4. The van der Waals surface area contributed by atoms with E-state index in [2.05, 4.69) is 70.3 Å². The zero-order valence-electron chi connectivity index (χ0n) is 34.7. The van der Waals surface area contributed by atoms with Gasteiger partial charge in [0.1, 0.15) is 35.1 Å². The van der Waals surface area contributed by atoms with Crippen molar-refractivity contribution in [2.45, 2.75) is 92.4 Å². The molecule has 4 aromatic heterocycles. The monoisotopic (exact) mass is 828 g/mol. The fraction of sp³-hybridized carbons (Fsp3) is 0.524. The fourth-order valence-electron chi connectivity index (χ4n) is 7.58. The Bertz CT molecular complexity index is 2130. The van der Waals surface area contributed by atoms with Gasteiger partial charge in [-0.15, -0.1) is 22.7 Å². The summed E-state index contributed by atoms with van der Waals surface area (Å²) in [5, 5.41) is 5.41. The van der Waals surface area contributed by atoms with Gasteiger partial charge < -0.3 is 39.9 Å². The molecule has 0 spiro atoms. The van der Waals surface area contributed by atoms with Crippen LogP contribution in [0.1, 0.15) is 111 Å². The summed E-state index contributed by atoms with van der Waals surface area (Å²) in [6, 6.07) is 2.19. The number of nitrogens with zero attached hydrogens (tertiary/aromatic N) is 4. The van der Waals surface area contributed by atoms with Crippen molar-refractivity contribution in [1.82, 2.24) is 40.4 Å². The van der Waals surface area contributed by atoms with Gasteiger partial charge in [0.15, 0.2) is 0 Å². The van der Waals surface area contributed by atoms with Crippen LogP contribution in [0.3, 0.4) is 0 Å². The first-order chi connectivity index (χ1) is 27.6. The standard InChI is InChI=1S/C42H52N8O6S2/c1-21(2)35(47-41(53)55-9)39(51)49-19-23(5)15-31(49)37-43-25(7)29(45-37)13-11-27-17-33-34(57-27)18-28(58-33)12-14-30-26(8)44-38(46-30)32-16-24(6)20-50(32)40(52)36(22(3)4)48-42(54)56-10/h17-18,21-24,31-32,35-36H,15-16,19-20H2,1-10H3,(H,43,45)(H,44,46)(H,47,53)(H,48,54). The van der Waals surface area contributed by atoms with Gasteiger partial charge in [-0.3, -0.25) is 9.59 Å². The van der Waals surface area contributed by atoms with E-state index >= 15 is 0 Å². The summed E-state index contributed by atoms with van der Waals surface area (Å²) in [4.78, 5) is 73.3. The molecule has 0 saturated carbocycles. The van der Waals surface area contributed by atoms with Gasteiger partial charge in [0.25, 0.3) is 0 Å². The van der Waals surface area contributed by atoms with Crippen molar-refractivity contribution in [1.29, 1.82) is 0 Å². The molecule has 0 aliphatic carbocycles. The first kappa shape index (κ1) is 42.3. The Morgan fingerprint density at radius 3 is 1.43 bits per heavy atom. The topological polar surface area (TPSA) is 175 Å². The number of likely N-dealkylation sites (tertiary alicyclic amines) is 2. The predicted octanol–water partition coefficient (Wildman–Crippen LogP) is 6.41. The third-order valence-corrected chi connectivity index (χ3v) is 12.7. The van der Waals surface area contributed by atoms with E-state index in [0.29, 0.717) is 36.1 Å². The number of hydrogen-bond donors (Lipinski definition) is 4. The van der Waals surface area contributed by atoms with Crippen LogP contribution >= 0.6 is 22.7 Å². The summed E-state index contributed by atoms with van der Waals surface area (Å²) >= 11 is 3.18. The zero-order chi connectivity index (χ0) is 42.0. The summed E-state index contributed by atoms with van der Waals surface area (Å²) in [5.74, 6) is 14.4. The summed E-state index contributed by atoms with van der Waals surface area (Å²) in [5.41, 5.74) is 2.91. The largest absolute Gasteiger partial charge is 0.453 e. The van der Waals surface area contributed by atoms with E-state index in [-0.39, 0.29) is 47.6 Å². The Hall–Kier alpha value is -5.32. The minimum atomic E-state index is -0.712. The number of aryl methyl sites for hydroxylation is 2. The smallest absolute Gasteiger partial charge is 0.407 e. The molecule has 2 aliphatic rings. The third kappa shape index (κ3) is 9.19. The van der Waals surface area contributed by atoms with Crippen LogP contribution in [0.4, 0.5) is 9.59 Å². The summed E-state index contributed by atoms with van der Waals surface area (Å²) in [7, 11) is 2.57. The first-order valence-electron chi connectivity index (χ1n) is 19.6. The number of alkyl carbamates (subject to hydrolysis) is 2. The minimum absolute atomic E-state index is 0.124. The average Bonchev–Trinajstić information content (AvgIpc) is 4.03. The Morgan fingerprint density at radius 1 is 0.707 bits per heavy atom. The number of carbonyl (C=O) groups is 4. The number of nitrogens with one attached hydrogen (secondary N) is 4. The number of H-pyrrole nitrogens is 2. The quantitative estimate of drug-likeness (QED) is 0.148. The van der Waals surface area contributed by atoms with Gasteiger partial charge in [0, 0.05) is 33.9 Å². The maximum absolute atomic E-state index is 13.7. The highest BCUT2D eigenvalue weighted by Crippen LogP contribution is 2.37. The number of ether oxygens (including phenoxy) is 2. The lowest BCUT2D eigenvalue weighted by Crippen LogP contribution is -2.51. The van der Waals surface area contributed by atoms with Gasteiger partial charge >= 0.3 is 12.2 Å². The predicted molar refractivity (Wildman–Crippen MR) is 223 cm³/mol. The van der Waals surface area contributed by atoms with Crippen molar-refractivity contribution in [2.24, 2.45) is 23.7 Å². The van der Waals surface area contributed by atoms with Gasteiger partial charge in [-0.05, 0) is 86.2 Å². The van der Waals surface area contributed by atoms with E-state index in [9.17, 15) is 19.2 Å². The van der Waals surface area contributed by atoms with Crippen LogP contribution in [0.5, 0.6) is 0 Å². The van der Waals surface area contributed by atoms with Crippen LogP contribution in [0.2, 0.25) is 0 Å². The number of rotatable bonds is 8. The molecule has 6 heterocycles. The van der Waals surface area contributed by atoms with E-state index in [1.807, 2.05) is 51.3 Å².